The molecule has 21 heavy (non-hydrogen) atoms. The molecule has 0 aliphatic rings. The highest BCUT2D eigenvalue weighted by Crippen LogP contribution is 2.28. The number of hydrogen-bond donors (Lipinski definition) is 1. The number of nitrogens with one attached hydrogen (secondary N) is 1. The fourth-order valence-corrected chi connectivity index (χ4v) is 2.73. The lowest BCUT2D eigenvalue weighted by Gasteiger charge is -2.29. The first-order valence-electron chi connectivity index (χ1n) is 7.55. The summed E-state index contributed by atoms with van der Waals surface area (Å²) in [6.45, 7) is 9.55. The van der Waals surface area contributed by atoms with Gasteiger partial charge in [-0.05, 0) is 37.3 Å². The van der Waals surface area contributed by atoms with Gasteiger partial charge in [0, 0.05) is 18.8 Å². The normalized spacial score (nSPS) is 13.1. The number of aryl methyl sites for hydroxylation is 1. The van der Waals surface area contributed by atoms with Gasteiger partial charge in [0.05, 0.1) is 5.69 Å². The molecule has 112 valence electrons. The number of nitrogens with zero attached hydrogens (tertiary/aromatic N) is 2. The highest BCUT2D eigenvalue weighted by Gasteiger charge is 2.22. The van der Waals surface area contributed by atoms with Crippen LogP contribution in [0.5, 0.6) is 0 Å². The molecule has 1 aromatic heterocycles. The zero-order valence-corrected chi connectivity index (χ0v) is 13.4. The molecule has 0 bridgehead atoms. The predicted molar refractivity (Wildman–Crippen MR) is 87.2 cm³/mol. The molecule has 2 aromatic rings. The third kappa shape index (κ3) is 4.64. The van der Waals surface area contributed by atoms with Gasteiger partial charge in [0.25, 0.3) is 0 Å². The second kappa shape index (κ2) is 6.81. The van der Waals surface area contributed by atoms with Crippen LogP contribution in [0.1, 0.15) is 44.3 Å². The van der Waals surface area contributed by atoms with E-state index in [-0.39, 0.29) is 5.41 Å². The summed E-state index contributed by atoms with van der Waals surface area (Å²) in [6.07, 6.45) is 2.90. The van der Waals surface area contributed by atoms with Crippen molar-refractivity contribution in [2.45, 2.75) is 52.1 Å². The SMILES string of the molecule is Cc1nccc(CNC(C)CC(C)(C)c2ccccc2)n1. The Kier molecular flexibility index (Phi) is 5.07. The van der Waals surface area contributed by atoms with E-state index in [1.165, 1.54) is 5.56 Å². The maximum Gasteiger partial charge on any atom is 0.125 e. The van der Waals surface area contributed by atoms with Crippen LogP contribution in [0, 0.1) is 6.92 Å². The largest absolute Gasteiger partial charge is 0.309 e. The van der Waals surface area contributed by atoms with E-state index < -0.39 is 0 Å². The molecule has 0 amide bonds. The number of hydrogen-bond acceptors (Lipinski definition) is 3. The second-order valence-electron chi connectivity index (χ2n) is 6.33. The van der Waals surface area contributed by atoms with Crippen LogP contribution >= 0.6 is 0 Å². The van der Waals surface area contributed by atoms with Gasteiger partial charge in [0.2, 0.25) is 0 Å². The summed E-state index contributed by atoms with van der Waals surface area (Å²) in [5, 5.41) is 3.56. The molecule has 0 spiro atoms. The minimum atomic E-state index is 0.162. The van der Waals surface area contributed by atoms with Gasteiger partial charge >= 0.3 is 0 Å². The van der Waals surface area contributed by atoms with Crippen molar-refractivity contribution in [3.8, 4) is 0 Å². The van der Waals surface area contributed by atoms with Gasteiger partial charge in [-0.3, -0.25) is 0 Å². The van der Waals surface area contributed by atoms with Crippen LogP contribution in [0.2, 0.25) is 0 Å². The van der Waals surface area contributed by atoms with E-state index in [1.807, 2.05) is 19.2 Å². The second-order valence-corrected chi connectivity index (χ2v) is 6.33. The quantitative estimate of drug-likeness (QED) is 0.879. The molecule has 1 heterocycles. The van der Waals surface area contributed by atoms with Crippen molar-refractivity contribution in [1.82, 2.24) is 15.3 Å². The van der Waals surface area contributed by atoms with E-state index in [2.05, 4.69) is 66.4 Å². The third-order valence-electron chi connectivity index (χ3n) is 3.84. The average molecular weight is 283 g/mol. The van der Waals surface area contributed by atoms with Crippen LogP contribution in [0.15, 0.2) is 42.6 Å². The molecule has 1 aromatic carbocycles. The van der Waals surface area contributed by atoms with Crippen LogP contribution in [0.4, 0.5) is 0 Å². The molecule has 0 radical (unpaired) electrons. The van der Waals surface area contributed by atoms with Crippen LogP contribution in [0.3, 0.4) is 0 Å². The Labute approximate surface area is 127 Å². The van der Waals surface area contributed by atoms with Crippen LogP contribution < -0.4 is 5.32 Å². The van der Waals surface area contributed by atoms with Crippen molar-refractivity contribution < 1.29 is 0 Å². The third-order valence-corrected chi connectivity index (χ3v) is 3.84. The fraction of sp³-hybridized carbons (Fsp3) is 0.444. The first-order chi connectivity index (χ1) is 9.97. The Morgan fingerprint density at radius 3 is 2.52 bits per heavy atom. The molecule has 1 atom stereocenters. The molecule has 0 aliphatic heterocycles. The maximum atomic E-state index is 4.43. The summed E-state index contributed by atoms with van der Waals surface area (Å²) in [5.74, 6) is 0.826. The van der Waals surface area contributed by atoms with E-state index >= 15 is 0 Å². The fourth-order valence-electron chi connectivity index (χ4n) is 2.73. The highest BCUT2D eigenvalue weighted by atomic mass is 14.9. The minimum Gasteiger partial charge on any atom is -0.309 e. The monoisotopic (exact) mass is 283 g/mol. The zero-order chi connectivity index (χ0) is 15.3. The minimum absolute atomic E-state index is 0.162. The van der Waals surface area contributed by atoms with Crippen LogP contribution in [-0.4, -0.2) is 16.0 Å². The van der Waals surface area contributed by atoms with Gasteiger partial charge in [0.1, 0.15) is 5.82 Å². The van der Waals surface area contributed by atoms with Crippen molar-refractivity contribution in [3.05, 3.63) is 59.7 Å². The Morgan fingerprint density at radius 2 is 1.86 bits per heavy atom. The molecule has 0 saturated carbocycles. The van der Waals surface area contributed by atoms with Crippen LogP contribution in [0.25, 0.3) is 0 Å². The Morgan fingerprint density at radius 1 is 1.14 bits per heavy atom. The maximum absolute atomic E-state index is 4.43. The summed E-state index contributed by atoms with van der Waals surface area (Å²) in [4.78, 5) is 8.55. The molecule has 3 nitrogen and oxygen atoms in total. The number of rotatable bonds is 6. The Balaban J connectivity index is 1.91. The standard InChI is InChI=1S/C18H25N3/c1-14(20-13-17-10-11-19-15(2)21-17)12-18(3,4)16-8-6-5-7-9-16/h5-11,14,20H,12-13H2,1-4H3. The van der Waals surface area contributed by atoms with Gasteiger partial charge in [-0.25, -0.2) is 9.97 Å². The first kappa shape index (κ1) is 15.6. The number of aromatic nitrogens is 2. The van der Waals surface area contributed by atoms with Crippen LogP contribution in [-0.2, 0) is 12.0 Å². The lowest BCUT2D eigenvalue weighted by molar-refractivity contribution is 0.387. The van der Waals surface area contributed by atoms with E-state index in [0.29, 0.717) is 6.04 Å². The van der Waals surface area contributed by atoms with E-state index in [4.69, 9.17) is 0 Å². The van der Waals surface area contributed by atoms with Gasteiger partial charge in [-0.2, -0.15) is 0 Å². The van der Waals surface area contributed by atoms with Gasteiger partial charge in [0.15, 0.2) is 0 Å². The lowest BCUT2D eigenvalue weighted by Crippen LogP contribution is -2.33. The van der Waals surface area contributed by atoms with Gasteiger partial charge in [-0.15, -0.1) is 0 Å². The van der Waals surface area contributed by atoms with Crippen molar-refractivity contribution in [3.63, 3.8) is 0 Å². The molecule has 3 heteroatoms. The Hall–Kier alpha value is -1.74. The topological polar surface area (TPSA) is 37.8 Å². The Bertz CT molecular complexity index is 564. The highest BCUT2D eigenvalue weighted by molar-refractivity contribution is 5.23. The molecular formula is C18H25N3. The lowest BCUT2D eigenvalue weighted by atomic mass is 9.79. The van der Waals surface area contributed by atoms with Gasteiger partial charge < -0.3 is 5.32 Å². The summed E-state index contributed by atoms with van der Waals surface area (Å²) < 4.78 is 0. The summed E-state index contributed by atoms with van der Waals surface area (Å²) in [7, 11) is 0. The van der Waals surface area contributed by atoms with E-state index in [0.717, 1.165) is 24.5 Å². The molecule has 1 N–H and O–H groups in total. The van der Waals surface area contributed by atoms with Gasteiger partial charge in [-0.1, -0.05) is 44.2 Å². The van der Waals surface area contributed by atoms with Crippen molar-refractivity contribution in [1.29, 1.82) is 0 Å². The average Bonchev–Trinajstić information content (AvgIpc) is 2.46. The molecule has 2 rings (SSSR count). The zero-order valence-electron chi connectivity index (χ0n) is 13.4. The van der Waals surface area contributed by atoms with Crippen molar-refractivity contribution in [2.24, 2.45) is 0 Å². The van der Waals surface area contributed by atoms with Crippen molar-refractivity contribution in [2.75, 3.05) is 0 Å². The van der Waals surface area contributed by atoms with E-state index in [9.17, 15) is 0 Å². The molecular weight excluding hydrogens is 258 g/mol. The first-order valence-corrected chi connectivity index (χ1v) is 7.55. The molecule has 1 unspecified atom stereocenters. The number of benzene rings is 1. The molecule has 0 fully saturated rings. The summed E-state index contributed by atoms with van der Waals surface area (Å²) >= 11 is 0. The molecule has 0 aliphatic carbocycles. The summed E-state index contributed by atoms with van der Waals surface area (Å²) in [5.41, 5.74) is 2.60. The summed E-state index contributed by atoms with van der Waals surface area (Å²) in [6, 6.07) is 13.1. The van der Waals surface area contributed by atoms with Crippen molar-refractivity contribution >= 4 is 0 Å². The van der Waals surface area contributed by atoms with E-state index in [1.54, 1.807) is 0 Å². The smallest absolute Gasteiger partial charge is 0.125 e. The molecule has 0 saturated heterocycles. The predicted octanol–water partition coefficient (Wildman–Crippen LogP) is 3.63.